The Morgan fingerprint density at radius 1 is 1.24 bits per heavy atom. The van der Waals surface area contributed by atoms with Crippen LogP contribution in [0.5, 0.6) is 0 Å². The minimum Gasteiger partial charge on any atom is -0.481 e. The third-order valence-corrected chi connectivity index (χ3v) is 6.27. The van der Waals surface area contributed by atoms with Gasteiger partial charge in [0, 0.05) is 15.5 Å². The molecule has 0 aliphatic rings. The zero-order chi connectivity index (χ0) is 15.5. The molecule has 0 bridgehead atoms. The average molecular weight is 343 g/mol. The maximum atomic E-state index is 12.2. The molecule has 1 aromatic carbocycles. The van der Waals surface area contributed by atoms with Gasteiger partial charge in [-0.15, -0.1) is 23.1 Å². The van der Waals surface area contributed by atoms with Crippen LogP contribution in [0.2, 0.25) is 0 Å². The summed E-state index contributed by atoms with van der Waals surface area (Å²) in [4.78, 5) is 12.2. The molecule has 5 nitrogen and oxygen atoms in total. The van der Waals surface area contributed by atoms with Crippen molar-refractivity contribution in [3.63, 3.8) is 0 Å². The molecule has 0 aliphatic carbocycles. The number of thiophene rings is 1. The fraction of sp³-hybridized carbons (Fsp3) is 0.154. The van der Waals surface area contributed by atoms with E-state index in [0.717, 1.165) is 16.2 Å². The molecule has 0 saturated carbocycles. The van der Waals surface area contributed by atoms with Gasteiger partial charge in [-0.1, -0.05) is 0 Å². The smallest absolute Gasteiger partial charge is 0.308 e. The van der Waals surface area contributed by atoms with Gasteiger partial charge < -0.3 is 5.11 Å². The third-order valence-electron chi connectivity index (χ3n) is 2.57. The van der Waals surface area contributed by atoms with Crippen molar-refractivity contribution in [2.24, 2.45) is 0 Å². The minimum absolute atomic E-state index is 0.104. The average Bonchev–Trinajstić information content (AvgIpc) is 2.88. The highest BCUT2D eigenvalue weighted by molar-refractivity contribution is 7.98. The van der Waals surface area contributed by atoms with Crippen LogP contribution in [-0.2, 0) is 21.2 Å². The molecule has 0 amide bonds. The fourth-order valence-electron chi connectivity index (χ4n) is 1.61. The van der Waals surface area contributed by atoms with E-state index < -0.39 is 16.0 Å². The van der Waals surface area contributed by atoms with Crippen molar-refractivity contribution in [2.75, 3.05) is 11.0 Å². The molecule has 21 heavy (non-hydrogen) atoms. The van der Waals surface area contributed by atoms with Crippen LogP contribution in [0.3, 0.4) is 0 Å². The number of hydrogen-bond acceptors (Lipinski definition) is 5. The lowest BCUT2D eigenvalue weighted by atomic mass is 10.3. The third kappa shape index (κ3) is 4.23. The van der Waals surface area contributed by atoms with Gasteiger partial charge in [0.15, 0.2) is 0 Å². The molecule has 2 N–H and O–H groups in total. The number of carboxylic acids is 1. The second-order valence-corrected chi connectivity index (χ2v) is 8.08. The van der Waals surface area contributed by atoms with Gasteiger partial charge in [0.2, 0.25) is 0 Å². The molecule has 0 saturated heterocycles. The van der Waals surface area contributed by atoms with Gasteiger partial charge in [-0.05, 0) is 42.7 Å². The van der Waals surface area contributed by atoms with Gasteiger partial charge in [0.25, 0.3) is 10.0 Å². The second kappa shape index (κ2) is 6.50. The van der Waals surface area contributed by atoms with Gasteiger partial charge in [-0.2, -0.15) is 0 Å². The number of anilines is 1. The highest BCUT2D eigenvalue weighted by atomic mass is 32.2. The molecular formula is C13H13NO4S3. The molecule has 0 radical (unpaired) electrons. The quantitative estimate of drug-likeness (QED) is 0.788. The largest absolute Gasteiger partial charge is 0.481 e. The molecule has 0 aliphatic heterocycles. The van der Waals surface area contributed by atoms with E-state index in [1.807, 2.05) is 18.4 Å². The molecule has 8 heteroatoms. The zero-order valence-electron chi connectivity index (χ0n) is 11.1. The monoisotopic (exact) mass is 343 g/mol. The van der Waals surface area contributed by atoms with Crippen molar-refractivity contribution < 1.29 is 18.3 Å². The van der Waals surface area contributed by atoms with Crippen molar-refractivity contribution in [1.29, 1.82) is 0 Å². The van der Waals surface area contributed by atoms with Crippen molar-refractivity contribution >= 4 is 44.8 Å². The molecule has 1 aromatic heterocycles. The summed E-state index contributed by atoms with van der Waals surface area (Å²) in [5.74, 6) is -0.985. The van der Waals surface area contributed by atoms with E-state index in [1.165, 1.54) is 12.1 Å². The second-order valence-electron chi connectivity index (χ2n) is 4.13. The normalized spacial score (nSPS) is 11.3. The maximum absolute atomic E-state index is 12.2. The van der Waals surface area contributed by atoms with Crippen molar-refractivity contribution in [3.8, 4) is 0 Å². The molecule has 0 atom stereocenters. The number of benzene rings is 1. The minimum atomic E-state index is -3.68. The molecular weight excluding hydrogens is 330 g/mol. The summed E-state index contributed by atoms with van der Waals surface area (Å²) in [5.41, 5.74) is 0.473. The number of carbonyl (C=O) groups is 1. The van der Waals surface area contributed by atoms with Crippen LogP contribution in [0.25, 0.3) is 0 Å². The first-order valence-electron chi connectivity index (χ1n) is 5.88. The highest BCUT2D eigenvalue weighted by Gasteiger charge is 2.17. The Morgan fingerprint density at radius 3 is 2.48 bits per heavy atom. The Balaban J connectivity index is 2.17. The van der Waals surface area contributed by atoms with Crippen LogP contribution in [-0.4, -0.2) is 25.7 Å². The Kier molecular flexibility index (Phi) is 4.92. The highest BCUT2D eigenvalue weighted by Crippen LogP contribution is 2.25. The topological polar surface area (TPSA) is 83.5 Å². The number of sulfonamides is 1. The molecule has 2 rings (SSSR count). The summed E-state index contributed by atoms with van der Waals surface area (Å²) < 4.78 is 27.0. The van der Waals surface area contributed by atoms with Crippen LogP contribution in [0.1, 0.15) is 4.88 Å². The lowest BCUT2D eigenvalue weighted by Crippen LogP contribution is -2.11. The molecule has 1 heterocycles. The SMILES string of the molecule is CSc1ccc(NS(=O)(=O)c2ccc(CC(=O)O)s2)cc1. The molecule has 0 fully saturated rings. The maximum Gasteiger partial charge on any atom is 0.308 e. The van der Waals surface area contributed by atoms with Crippen molar-refractivity contribution in [1.82, 2.24) is 0 Å². The first kappa shape index (κ1) is 15.9. The number of rotatable bonds is 6. The van der Waals surface area contributed by atoms with Gasteiger partial charge in [0.1, 0.15) is 4.21 Å². The first-order chi connectivity index (χ1) is 9.90. The van der Waals surface area contributed by atoms with Gasteiger partial charge >= 0.3 is 5.97 Å². The molecule has 2 aromatic rings. The lowest BCUT2D eigenvalue weighted by molar-refractivity contribution is -0.136. The summed E-state index contributed by atoms with van der Waals surface area (Å²) in [6, 6.07) is 9.97. The van der Waals surface area contributed by atoms with Crippen molar-refractivity contribution in [2.45, 2.75) is 15.5 Å². The Labute approximate surface area is 131 Å². The summed E-state index contributed by atoms with van der Waals surface area (Å²) in [7, 11) is -3.68. The van der Waals surface area contributed by atoms with E-state index in [2.05, 4.69) is 4.72 Å². The molecule has 0 unspecified atom stereocenters. The molecule has 112 valence electrons. The number of thioether (sulfide) groups is 1. The van der Waals surface area contributed by atoms with Crippen LogP contribution < -0.4 is 4.72 Å². The Morgan fingerprint density at radius 2 is 1.90 bits per heavy atom. The first-order valence-corrected chi connectivity index (χ1v) is 9.40. The van der Waals surface area contributed by atoms with E-state index in [-0.39, 0.29) is 10.6 Å². The zero-order valence-corrected chi connectivity index (χ0v) is 13.5. The standard InChI is InChI=1S/C13H13NO4S3/c1-19-10-4-2-9(3-5-10)14-21(17,18)13-7-6-11(20-13)8-12(15)16/h2-7,14H,8H2,1H3,(H,15,16). The number of carboxylic acid groups (broad SMARTS) is 1. The van der Waals surface area contributed by atoms with Crippen LogP contribution in [0.4, 0.5) is 5.69 Å². The van der Waals surface area contributed by atoms with Crippen molar-refractivity contribution in [3.05, 3.63) is 41.3 Å². The van der Waals surface area contributed by atoms with Gasteiger partial charge in [-0.25, -0.2) is 8.42 Å². The fourth-order valence-corrected chi connectivity index (χ4v) is 4.42. The lowest BCUT2D eigenvalue weighted by Gasteiger charge is -2.06. The van der Waals surface area contributed by atoms with E-state index >= 15 is 0 Å². The summed E-state index contributed by atoms with van der Waals surface area (Å²) in [6.45, 7) is 0. The predicted octanol–water partition coefficient (Wildman–Crippen LogP) is 2.90. The number of hydrogen-bond donors (Lipinski definition) is 2. The molecule has 0 spiro atoms. The summed E-state index contributed by atoms with van der Waals surface area (Å²) >= 11 is 2.53. The van der Waals surface area contributed by atoms with E-state index in [1.54, 1.807) is 23.9 Å². The van der Waals surface area contributed by atoms with E-state index in [0.29, 0.717) is 10.6 Å². The summed E-state index contributed by atoms with van der Waals surface area (Å²) in [6.07, 6.45) is 1.76. The Hall–Kier alpha value is -1.51. The predicted molar refractivity (Wildman–Crippen MR) is 84.7 cm³/mol. The van der Waals surface area contributed by atoms with Gasteiger partial charge in [-0.3, -0.25) is 9.52 Å². The van der Waals surface area contributed by atoms with E-state index in [9.17, 15) is 13.2 Å². The van der Waals surface area contributed by atoms with Crippen LogP contribution in [0.15, 0.2) is 45.5 Å². The van der Waals surface area contributed by atoms with Gasteiger partial charge in [0.05, 0.1) is 6.42 Å². The van der Waals surface area contributed by atoms with E-state index in [4.69, 9.17) is 5.11 Å². The summed E-state index contributed by atoms with van der Waals surface area (Å²) in [5, 5.41) is 8.70. The van der Waals surface area contributed by atoms with Crippen LogP contribution >= 0.6 is 23.1 Å². The number of aliphatic carboxylic acids is 1. The number of nitrogens with one attached hydrogen (secondary N) is 1. The Bertz CT molecular complexity index is 735. The van der Waals surface area contributed by atoms with Crippen LogP contribution in [0, 0.1) is 0 Å².